The van der Waals surface area contributed by atoms with E-state index in [1.54, 1.807) is 5.38 Å². The highest BCUT2D eigenvalue weighted by molar-refractivity contribution is 7.14. The van der Waals surface area contributed by atoms with Crippen molar-refractivity contribution in [3.63, 3.8) is 0 Å². The number of aromatic carboxylic acids is 1. The zero-order chi connectivity index (χ0) is 12.0. The zero-order valence-electron chi connectivity index (χ0n) is 8.86. The second-order valence-electron chi connectivity index (χ2n) is 3.07. The number of thiophene rings is 1. The van der Waals surface area contributed by atoms with Gasteiger partial charge in [0.1, 0.15) is 11.6 Å². The Morgan fingerprint density at radius 1 is 1.56 bits per heavy atom. The maximum Gasteiger partial charge on any atom is 0.338 e. The molecule has 0 fully saturated rings. The van der Waals surface area contributed by atoms with Gasteiger partial charge in [-0.25, -0.2) is 4.79 Å². The van der Waals surface area contributed by atoms with Gasteiger partial charge in [0.2, 0.25) is 0 Å². The van der Waals surface area contributed by atoms with Crippen LogP contribution >= 0.6 is 11.3 Å². The van der Waals surface area contributed by atoms with E-state index in [0.717, 1.165) is 6.42 Å². The van der Waals surface area contributed by atoms with E-state index in [1.165, 1.54) is 17.4 Å². The summed E-state index contributed by atoms with van der Waals surface area (Å²) in [7, 11) is 0. The van der Waals surface area contributed by atoms with Crippen LogP contribution in [0.1, 0.15) is 23.7 Å². The van der Waals surface area contributed by atoms with E-state index in [0.29, 0.717) is 11.6 Å². The van der Waals surface area contributed by atoms with Gasteiger partial charge in [0.05, 0.1) is 5.56 Å². The van der Waals surface area contributed by atoms with Crippen LogP contribution < -0.4 is 5.32 Å². The van der Waals surface area contributed by atoms with E-state index in [1.807, 2.05) is 6.92 Å². The number of rotatable bonds is 6. The minimum absolute atomic E-state index is 0.0508. The van der Waals surface area contributed by atoms with Crippen LogP contribution in [-0.2, 0) is 9.53 Å². The summed E-state index contributed by atoms with van der Waals surface area (Å²) in [5, 5.41) is 13.3. The van der Waals surface area contributed by atoms with E-state index >= 15 is 0 Å². The first-order valence-corrected chi connectivity index (χ1v) is 5.71. The fourth-order valence-electron chi connectivity index (χ4n) is 1.05. The van der Waals surface area contributed by atoms with Crippen molar-refractivity contribution in [2.45, 2.75) is 13.3 Å². The topological polar surface area (TPSA) is 75.6 Å². The van der Waals surface area contributed by atoms with E-state index in [-0.39, 0.29) is 18.1 Å². The highest BCUT2D eigenvalue weighted by Gasteiger charge is 2.13. The molecular formula is C10H13NO4S. The third-order valence-corrected chi connectivity index (χ3v) is 2.56. The number of anilines is 1. The first kappa shape index (κ1) is 12.7. The standard InChI is InChI=1S/C10H13NO4S/c1-2-4-15-6-8(12)11-9-7(10(13)14)3-5-16-9/h3,5H,2,4,6H2,1H3,(H,11,12)(H,13,14). The van der Waals surface area contributed by atoms with Crippen LogP contribution in [0, 0.1) is 0 Å². The molecule has 0 bridgehead atoms. The van der Waals surface area contributed by atoms with E-state index in [2.05, 4.69) is 5.32 Å². The highest BCUT2D eigenvalue weighted by Crippen LogP contribution is 2.22. The van der Waals surface area contributed by atoms with Crippen molar-refractivity contribution in [3.05, 3.63) is 17.0 Å². The summed E-state index contributed by atoms with van der Waals surface area (Å²) in [6, 6.07) is 1.45. The molecule has 0 aliphatic rings. The van der Waals surface area contributed by atoms with Gasteiger partial charge in [-0.3, -0.25) is 4.79 Å². The second kappa shape index (κ2) is 6.24. The monoisotopic (exact) mass is 243 g/mol. The number of amides is 1. The molecule has 0 radical (unpaired) electrons. The van der Waals surface area contributed by atoms with Crippen molar-refractivity contribution in [3.8, 4) is 0 Å². The fourth-order valence-corrected chi connectivity index (χ4v) is 1.84. The molecule has 0 aromatic carbocycles. The van der Waals surface area contributed by atoms with Crippen molar-refractivity contribution >= 4 is 28.2 Å². The molecule has 1 amide bonds. The van der Waals surface area contributed by atoms with Gasteiger partial charge in [-0.05, 0) is 17.9 Å². The van der Waals surface area contributed by atoms with Crippen molar-refractivity contribution in [1.82, 2.24) is 0 Å². The molecule has 0 saturated heterocycles. The number of hydrogen-bond donors (Lipinski definition) is 2. The highest BCUT2D eigenvalue weighted by atomic mass is 32.1. The van der Waals surface area contributed by atoms with Gasteiger partial charge < -0.3 is 15.2 Å². The molecule has 2 N–H and O–H groups in total. The van der Waals surface area contributed by atoms with Gasteiger partial charge in [-0.15, -0.1) is 11.3 Å². The van der Waals surface area contributed by atoms with Crippen LogP contribution in [0.5, 0.6) is 0 Å². The molecule has 1 aromatic heterocycles. The molecule has 1 heterocycles. The van der Waals surface area contributed by atoms with Crippen molar-refractivity contribution < 1.29 is 19.4 Å². The summed E-state index contributed by atoms with van der Waals surface area (Å²) in [6.45, 7) is 2.41. The third kappa shape index (κ3) is 3.63. The van der Waals surface area contributed by atoms with Gasteiger partial charge >= 0.3 is 5.97 Å². The number of ether oxygens (including phenoxy) is 1. The van der Waals surface area contributed by atoms with E-state index < -0.39 is 5.97 Å². The maximum absolute atomic E-state index is 11.3. The summed E-state index contributed by atoms with van der Waals surface area (Å²) >= 11 is 1.18. The van der Waals surface area contributed by atoms with E-state index in [4.69, 9.17) is 9.84 Å². The quantitative estimate of drug-likeness (QED) is 0.747. The van der Waals surface area contributed by atoms with Crippen LogP contribution in [0.3, 0.4) is 0 Å². The lowest BCUT2D eigenvalue weighted by atomic mass is 10.3. The second-order valence-corrected chi connectivity index (χ2v) is 3.99. The number of carbonyl (C=O) groups excluding carboxylic acids is 1. The fraction of sp³-hybridized carbons (Fsp3) is 0.400. The first-order chi connectivity index (χ1) is 7.65. The molecule has 1 rings (SSSR count). The molecular weight excluding hydrogens is 230 g/mol. The molecule has 0 atom stereocenters. The third-order valence-electron chi connectivity index (χ3n) is 1.73. The molecule has 1 aromatic rings. The molecule has 0 aliphatic carbocycles. The van der Waals surface area contributed by atoms with Gasteiger partial charge in [0.15, 0.2) is 0 Å². The summed E-state index contributed by atoms with van der Waals surface area (Å²) in [5.41, 5.74) is 0.105. The molecule has 0 saturated carbocycles. The summed E-state index contributed by atoms with van der Waals surface area (Å²) in [5.74, 6) is -1.38. The molecule has 0 aliphatic heterocycles. The SMILES string of the molecule is CCCOCC(=O)Nc1sccc1C(=O)O. The summed E-state index contributed by atoms with van der Waals surface area (Å²) in [6.07, 6.45) is 0.840. The van der Waals surface area contributed by atoms with Gasteiger partial charge in [0, 0.05) is 6.61 Å². The van der Waals surface area contributed by atoms with Crippen molar-refractivity contribution in [2.24, 2.45) is 0 Å². The summed E-state index contributed by atoms with van der Waals surface area (Å²) < 4.78 is 5.04. The minimum Gasteiger partial charge on any atom is -0.478 e. The smallest absolute Gasteiger partial charge is 0.338 e. The zero-order valence-corrected chi connectivity index (χ0v) is 9.67. The molecule has 0 spiro atoms. The Kier molecular flexibility index (Phi) is 4.94. The normalized spacial score (nSPS) is 10.1. The average Bonchev–Trinajstić information content (AvgIpc) is 2.66. The van der Waals surface area contributed by atoms with Crippen LogP contribution in [0.2, 0.25) is 0 Å². The predicted molar refractivity (Wildman–Crippen MR) is 61.0 cm³/mol. The molecule has 5 nitrogen and oxygen atoms in total. The molecule has 16 heavy (non-hydrogen) atoms. The maximum atomic E-state index is 11.3. The van der Waals surface area contributed by atoms with Crippen LogP contribution in [0.4, 0.5) is 5.00 Å². The lowest BCUT2D eigenvalue weighted by molar-refractivity contribution is -0.120. The first-order valence-electron chi connectivity index (χ1n) is 4.83. The minimum atomic E-state index is -1.05. The number of carboxylic acids is 1. The van der Waals surface area contributed by atoms with Crippen LogP contribution in [0.25, 0.3) is 0 Å². The van der Waals surface area contributed by atoms with Crippen LogP contribution in [-0.4, -0.2) is 30.2 Å². The van der Waals surface area contributed by atoms with Gasteiger partial charge in [-0.2, -0.15) is 0 Å². The van der Waals surface area contributed by atoms with Gasteiger partial charge in [-0.1, -0.05) is 6.92 Å². The molecule has 6 heteroatoms. The molecule has 88 valence electrons. The molecule has 0 unspecified atom stereocenters. The Hall–Kier alpha value is -1.40. The van der Waals surface area contributed by atoms with Gasteiger partial charge in [0.25, 0.3) is 5.91 Å². The summed E-state index contributed by atoms with van der Waals surface area (Å²) in [4.78, 5) is 22.1. The predicted octanol–water partition coefficient (Wildman–Crippen LogP) is 1.81. The average molecular weight is 243 g/mol. The Labute approximate surface area is 97.0 Å². The lowest BCUT2D eigenvalue weighted by Gasteiger charge is -2.04. The Balaban J connectivity index is 2.49. The Bertz CT molecular complexity index is 375. The van der Waals surface area contributed by atoms with Crippen molar-refractivity contribution in [1.29, 1.82) is 0 Å². The number of carbonyl (C=O) groups is 2. The number of nitrogens with one attached hydrogen (secondary N) is 1. The van der Waals surface area contributed by atoms with E-state index in [9.17, 15) is 9.59 Å². The number of hydrogen-bond acceptors (Lipinski definition) is 4. The van der Waals surface area contributed by atoms with Crippen molar-refractivity contribution in [2.75, 3.05) is 18.5 Å². The van der Waals surface area contributed by atoms with Crippen LogP contribution in [0.15, 0.2) is 11.4 Å². The Morgan fingerprint density at radius 3 is 2.94 bits per heavy atom. The Morgan fingerprint density at radius 2 is 2.31 bits per heavy atom. The largest absolute Gasteiger partial charge is 0.478 e. The lowest BCUT2D eigenvalue weighted by Crippen LogP contribution is -2.19. The number of carboxylic acid groups (broad SMARTS) is 1.